The lowest BCUT2D eigenvalue weighted by molar-refractivity contribution is -0.149. The molecule has 1 aliphatic heterocycles. The Balaban J connectivity index is 2.46. The van der Waals surface area contributed by atoms with Crippen molar-refractivity contribution in [2.75, 3.05) is 0 Å². The molecule has 1 aliphatic carbocycles. The molecule has 0 aromatic rings. The van der Waals surface area contributed by atoms with Gasteiger partial charge in [0.1, 0.15) is 18.3 Å². The minimum Gasteiger partial charge on any atom is -0.461 e. The van der Waals surface area contributed by atoms with Gasteiger partial charge in [0, 0.05) is 32.3 Å². The molecule has 1 saturated heterocycles. The van der Waals surface area contributed by atoms with E-state index in [1.165, 1.54) is 13.8 Å². The van der Waals surface area contributed by atoms with Crippen molar-refractivity contribution in [1.82, 2.24) is 0 Å². The van der Waals surface area contributed by atoms with Crippen LogP contribution in [0.4, 0.5) is 0 Å². The van der Waals surface area contributed by atoms with E-state index >= 15 is 0 Å². The summed E-state index contributed by atoms with van der Waals surface area (Å²) in [4.78, 5) is 35.6. The Labute approximate surface area is 178 Å². The predicted octanol–water partition coefficient (Wildman–Crippen LogP) is 4.36. The van der Waals surface area contributed by atoms with E-state index in [4.69, 9.17) is 14.2 Å². The largest absolute Gasteiger partial charge is 0.461 e. The van der Waals surface area contributed by atoms with Crippen LogP contribution >= 0.6 is 0 Å². The van der Waals surface area contributed by atoms with Crippen molar-refractivity contribution in [3.8, 4) is 0 Å². The standard InChI is InChI=1S/C24H32O6/c1-14-8-7-9-15(2)12-21(29-19(6)26)23-17(4)24(27)30-22(23)13-16(3)11-20(10-14)28-18(5)25/h9-10,13,20-23H,4,7-8,11-12H2,1-3,5-6H3/b14-10+,15-9+,16-13+/t20-,21+,22+,23+/m1/s1. The van der Waals surface area contributed by atoms with Crippen LogP contribution < -0.4 is 0 Å². The Morgan fingerprint density at radius 1 is 1.00 bits per heavy atom. The van der Waals surface area contributed by atoms with E-state index < -0.39 is 36.2 Å². The molecule has 0 radical (unpaired) electrons. The first-order chi connectivity index (χ1) is 14.1. The third-order valence-corrected chi connectivity index (χ3v) is 5.29. The lowest BCUT2D eigenvalue weighted by Gasteiger charge is -2.26. The lowest BCUT2D eigenvalue weighted by atomic mass is 9.86. The van der Waals surface area contributed by atoms with Crippen LogP contribution in [0.3, 0.4) is 0 Å². The van der Waals surface area contributed by atoms with Gasteiger partial charge in [-0.1, -0.05) is 29.4 Å². The van der Waals surface area contributed by atoms with Gasteiger partial charge in [0.05, 0.1) is 5.92 Å². The number of hydrogen-bond donors (Lipinski definition) is 0. The molecule has 6 nitrogen and oxygen atoms in total. The normalized spacial score (nSPS) is 33.4. The summed E-state index contributed by atoms with van der Waals surface area (Å²) in [6, 6.07) is 0. The van der Waals surface area contributed by atoms with Crippen LogP contribution in [0.25, 0.3) is 0 Å². The molecule has 0 bridgehead atoms. The van der Waals surface area contributed by atoms with Crippen LogP contribution in [0, 0.1) is 5.92 Å². The molecule has 2 aliphatic rings. The zero-order valence-corrected chi connectivity index (χ0v) is 18.5. The van der Waals surface area contributed by atoms with Gasteiger partial charge >= 0.3 is 17.9 Å². The summed E-state index contributed by atoms with van der Waals surface area (Å²) < 4.78 is 16.6. The fourth-order valence-electron chi connectivity index (χ4n) is 4.00. The zero-order chi connectivity index (χ0) is 22.4. The van der Waals surface area contributed by atoms with Gasteiger partial charge in [0.25, 0.3) is 0 Å². The molecule has 0 aromatic heterocycles. The number of hydrogen-bond acceptors (Lipinski definition) is 6. The minimum absolute atomic E-state index is 0.308. The van der Waals surface area contributed by atoms with Gasteiger partial charge in [0.2, 0.25) is 0 Å². The van der Waals surface area contributed by atoms with E-state index in [-0.39, 0.29) is 5.97 Å². The Bertz CT molecular complexity index is 801. The number of carbonyl (C=O) groups excluding carboxylic acids is 3. The quantitative estimate of drug-likeness (QED) is 0.288. The van der Waals surface area contributed by atoms with Crippen LogP contribution in [0.2, 0.25) is 0 Å². The molecule has 0 N–H and O–H groups in total. The van der Waals surface area contributed by atoms with Crippen molar-refractivity contribution in [1.29, 1.82) is 0 Å². The molecule has 164 valence electrons. The summed E-state index contributed by atoms with van der Waals surface area (Å²) in [5.74, 6) is -1.70. The molecule has 1 fully saturated rings. The maximum Gasteiger partial charge on any atom is 0.334 e. The maximum atomic E-state index is 12.3. The zero-order valence-electron chi connectivity index (χ0n) is 18.5. The SMILES string of the molecule is C=C1C(=O)O[C@H]2/C=C(\C)C[C@H](OC(C)=O)/C=C(\C)CC/C=C(\C)C[C@H](OC(C)=O)[C@H]12. The van der Waals surface area contributed by atoms with Gasteiger partial charge in [-0.3, -0.25) is 9.59 Å². The predicted molar refractivity (Wildman–Crippen MR) is 113 cm³/mol. The molecule has 30 heavy (non-hydrogen) atoms. The van der Waals surface area contributed by atoms with Crippen molar-refractivity contribution < 1.29 is 28.6 Å². The average molecular weight is 417 g/mol. The van der Waals surface area contributed by atoms with E-state index in [9.17, 15) is 14.4 Å². The Morgan fingerprint density at radius 2 is 1.67 bits per heavy atom. The lowest BCUT2D eigenvalue weighted by Crippen LogP contribution is -2.32. The van der Waals surface area contributed by atoms with Crippen LogP contribution in [0.15, 0.2) is 47.1 Å². The van der Waals surface area contributed by atoms with Gasteiger partial charge in [-0.2, -0.15) is 0 Å². The molecule has 0 unspecified atom stereocenters. The molecule has 0 aromatic carbocycles. The molecule has 0 saturated carbocycles. The first-order valence-corrected chi connectivity index (χ1v) is 10.3. The van der Waals surface area contributed by atoms with Crippen LogP contribution in [-0.4, -0.2) is 36.2 Å². The highest BCUT2D eigenvalue weighted by Crippen LogP contribution is 2.36. The second-order valence-corrected chi connectivity index (χ2v) is 8.24. The molecular weight excluding hydrogens is 384 g/mol. The summed E-state index contributed by atoms with van der Waals surface area (Å²) in [6.45, 7) is 12.6. The first-order valence-electron chi connectivity index (χ1n) is 10.3. The van der Waals surface area contributed by atoms with Gasteiger partial charge in [0.15, 0.2) is 0 Å². The first kappa shape index (κ1) is 23.6. The van der Waals surface area contributed by atoms with E-state index in [0.717, 1.165) is 29.6 Å². The van der Waals surface area contributed by atoms with Crippen molar-refractivity contribution in [3.63, 3.8) is 0 Å². The van der Waals surface area contributed by atoms with Crippen molar-refractivity contribution in [3.05, 3.63) is 47.1 Å². The fourth-order valence-corrected chi connectivity index (χ4v) is 4.00. The number of ether oxygens (including phenoxy) is 3. The Morgan fingerprint density at radius 3 is 2.30 bits per heavy atom. The number of esters is 3. The maximum absolute atomic E-state index is 12.3. The highest BCUT2D eigenvalue weighted by molar-refractivity contribution is 5.91. The van der Waals surface area contributed by atoms with Gasteiger partial charge in [-0.15, -0.1) is 0 Å². The second-order valence-electron chi connectivity index (χ2n) is 8.24. The summed E-state index contributed by atoms with van der Waals surface area (Å²) in [5.41, 5.74) is 3.41. The molecule has 0 spiro atoms. The van der Waals surface area contributed by atoms with Crippen molar-refractivity contribution in [2.45, 2.75) is 78.6 Å². The third kappa shape index (κ3) is 6.71. The van der Waals surface area contributed by atoms with E-state index in [2.05, 4.69) is 12.7 Å². The summed E-state index contributed by atoms with van der Waals surface area (Å²) in [7, 11) is 0. The van der Waals surface area contributed by atoms with Gasteiger partial charge in [-0.25, -0.2) is 4.79 Å². The van der Waals surface area contributed by atoms with Gasteiger partial charge in [-0.05, 0) is 45.8 Å². The minimum atomic E-state index is -0.590. The second kappa shape index (κ2) is 10.4. The average Bonchev–Trinajstić information content (AvgIpc) is 2.86. The van der Waals surface area contributed by atoms with Crippen molar-refractivity contribution in [2.24, 2.45) is 5.92 Å². The summed E-state index contributed by atoms with van der Waals surface area (Å²) >= 11 is 0. The molecule has 2 rings (SSSR count). The van der Waals surface area contributed by atoms with Gasteiger partial charge < -0.3 is 14.2 Å². The fraction of sp³-hybridized carbons (Fsp3) is 0.542. The summed E-state index contributed by atoms with van der Waals surface area (Å²) in [6.07, 6.45) is 7.03. The number of fused-ring (bicyclic) bond motifs is 1. The topological polar surface area (TPSA) is 78.9 Å². The van der Waals surface area contributed by atoms with Crippen molar-refractivity contribution >= 4 is 17.9 Å². The highest BCUT2D eigenvalue weighted by atomic mass is 16.6. The molecule has 1 heterocycles. The number of allylic oxidation sites excluding steroid dienone is 2. The summed E-state index contributed by atoms with van der Waals surface area (Å²) in [5, 5.41) is 0. The smallest absolute Gasteiger partial charge is 0.334 e. The third-order valence-electron chi connectivity index (χ3n) is 5.29. The van der Waals surface area contributed by atoms with Crippen LogP contribution in [0.1, 0.15) is 60.3 Å². The van der Waals surface area contributed by atoms with E-state index in [1.807, 2.05) is 32.9 Å². The highest BCUT2D eigenvalue weighted by Gasteiger charge is 2.44. The van der Waals surface area contributed by atoms with Crippen LogP contribution in [-0.2, 0) is 28.6 Å². The molecular formula is C24H32O6. The Kier molecular flexibility index (Phi) is 8.21. The Hall–Kier alpha value is -2.63. The molecule has 4 atom stereocenters. The molecule has 6 heteroatoms. The number of rotatable bonds is 2. The van der Waals surface area contributed by atoms with E-state index in [0.29, 0.717) is 18.4 Å². The molecule has 0 amide bonds. The number of carbonyl (C=O) groups is 3. The monoisotopic (exact) mass is 416 g/mol. The van der Waals surface area contributed by atoms with Crippen LogP contribution in [0.5, 0.6) is 0 Å². The van der Waals surface area contributed by atoms with E-state index in [1.54, 1.807) is 0 Å².